The van der Waals surface area contributed by atoms with Crippen LogP contribution in [0.15, 0.2) is 291 Å². The smallest absolute Gasteiger partial charge is 0.0540 e. The standard InChI is InChI=1S/C72H48N4/c1-2-20-56-55(19-1)61-25-7-13-31-67(61)74(68-32-14-8-26-62(56)68)52-43-37-49(38-44-52)73(50-39-45-53(46-40-50)75-69-33-15-9-27-63(69)57-21-3-4-22-58(57)64-28-10-16-34-70(64)75)51-41-47-54(48-42-51)76-71-35-17-11-29-65(71)59-23-5-6-24-60(59)66-30-12-18-36-72(66)76/h1-48H. The number of hydrogen-bond acceptors (Lipinski definition) is 4. The average Bonchev–Trinajstić information content (AvgIpc) is 3.82. The van der Waals surface area contributed by atoms with E-state index in [0.717, 1.165) is 68.2 Å². The minimum absolute atomic E-state index is 1.05. The summed E-state index contributed by atoms with van der Waals surface area (Å²) in [5.74, 6) is 0. The van der Waals surface area contributed by atoms with E-state index in [9.17, 15) is 0 Å². The lowest BCUT2D eigenvalue weighted by Gasteiger charge is -2.31. The maximum atomic E-state index is 2.42. The Morgan fingerprint density at radius 2 is 0.316 bits per heavy atom. The monoisotopic (exact) mass is 968 g/mol. The van der Waals surface area contributed by atoms with Crippen LogP contribution in [-0.4, -0.2) is 0 Å². The molecule has 0 atom stereocenters. The summed E-state index contributed by atoms with van der Waals surface area (Å²) in [7, 11) is 0. The van der Waals surface area contributed by atoms with Gasteiger partial charge in [0.05, 0.1) is 34.1 Å². The van der Waals surface area contributed by atoms with Gasteiger partial charge in [0, 0.05) is 67.5 Å². The summed E-state index contributed by atoms with van der Waals surface area (Å²) < 4.78 is 0. The molecule has 0 bridgehead atoms. The van der Waals surface area contributed by atoms with Crippen molar-refractivity contribution in [3.63, 3.8) is 0 Å². The van der Waals surface area contributed by atoms with Gasteiger partial charge in [-0.1, -0.05) is 182 Å². The number of hydrogen-bond donors (Lipinski definition) is 0. The van der Waals surface area contributed by atoms with Crippen LogP contribution in [0.25, 0.3) is 66.8 Å². The molecule has 0 saturated heterocycles. The van der Waals surface area contributed by atoms with Crippen LogP contribution in [0, 0.1) is 0 Å². The largest absolute Gasteiger partial charge is 0.310 e. The molecular formula is C72H48N4. The third-order valence-electron chi connectivity index (χ3n) is 15.5. The Bertz CT molecular complexity index is 3560. The Morgan fingerprint density at radius 3 is 0.500 bits per heavy atom. The number of anilines is 12. The zero-order valence-corrected chi connectivity index (χ0v) is 41.5. The maximum Gasteiger partial charge on any atom is 0.0540 e. The topological polar surface area (TPSA) is 13.0 Å². The third kappa shape index (κ3) is 6.92. The fourth-order valence-electron chi connectivity index (χ4n) is 12.2. The van der Waals surface area contributed by atoms with Crippen LogP contribution < -0.4 is 19.6 Å². The molecule has 0 amide bonds. The molecule has 15 rings (SSSR count). The van der Waals surface area contributed by atoms with E-state index < -0.39 is 0 Å². The van der Waals surface area contributed by atoms with Crippen molar-refractivity contribution in [2.24, 2.45) is 0 Å². The number of benzene rings is 12. The SMILES string of the molecule is c1ccc2c(c1)-c1ccccc1N(c1ccc(N(c3ccc(N4c5ccccc5-c5ccccc5-c5ccccc54)cc3)c3ccc(N4c5ccccc5-c5ccccc5-c5ccccc54)cc3)cc1)c1ccccc1-2. The van der Waals surface area contributed by atoms with E-state index in [1.807, 2.05) is 0 Å². The molecule has 0 aromatic heterocycles. The molecule has 0 saturated carbocycles. The molecule has 0 N–H and O–H groups in total. The van der Waals surface area contributed by atoms with Crippen molar-refractivity contribution in [3.05, 3.63) is 291 Å². The second-order valence-electron chi connectivity index (χ2n) is 19.6. The normalized spacial score (nSPS) is 12.4. The summed E-state index contributed by atoms with van der Waals surface area (Å²) in [6, 6.07) is 106. The lowest BCUT2D eigenvalue weighted by Crippen LogP contribution is -2.14. The number of fused-ring (bicyclic) bond motifs is 15. The minimum atomic E-state index is 1.05. The molecule has 356 valence electrons. The van der Waals surface area contributed by atoms with Gasteiger partial charge in [-0.25, -0.2) is 0 Å². The maximum absolute atomic E-state index is 2.42. The highest BCUT2D eigenvalue weighted by molar-refractivity contribution is 6.05. The Labute approximate surface area is 443 Å². The summed E-state index contributed by atoms with van der Waals surface area (Å²) in [5.41, 5.74) is 27.9. The fraction of sp³-hybridized carbons (Fsp3) is 0. The van der Waals surface area contributed by atoms with E-state index in [1.54, 1.807) is 0 Å². The molecule has 4 heteroatoms. The fourth-order valence-corrected chi connectivity index (χ4v) is 12.2. The van der Waals surface area contributed by atoms with E-state index in [1.165, 1.54) is 66.8 Å². The van der Waals surface area contributed by atoms with E-state index >= 15 is 0 Å². The van der Waals surface area contributed by atoms with E-state index in [4.69, 9.17) is 0 Å². The number of para-hydroxylation sites is 6. The van der Waals surface area contributed by atoms with Gasteiger partial charge in [0.25, 0.3) is 0 Å². The molecule has 12 aromatic rings. The van der Waals surface area contributed by atoms with Crippen LogP contribution >= 0.6 is 0 Å². The highest BCUT2D eigenvalue weighted by Crippen LogP contribution is 2.54. The Morgan fingerprint density at radius 1 is 0.158 bits per heavy atom. The van der Waals surface area contributed by atoms with Crippen LogP contribution in [0.1, 0.15) is 0 Å². The van der Waals surface area contributed by atoms with Gasteiger partial charge in [-0.15, -0.1) is 0 Å². The average molecular weight is 969 g/mol. The van der Waals surface area contributed by atoms with Crippen molar-refractivity contribution >= 4 is 68.2 Å². The van der Waals surface area contributed by atoms with Crippen LogP contribution in [-0.2, 0) is 0 Å². The minimum Gasteiger partial charge on any atom is -0.310 e. The summed E-state index contributed by atoms with van der Waals surface area (Å²) in [6.07, 6.45) is 0. The van der Waals surface area contributed by atoms with Gasteiger partial charge in [0.2, 0.25) is 0 Å². The molecule has 4 nitrogen and oxygen atoms in total. The van der Waals surface area contributed by atoms with Gasteiger partial charge in [0.1, 0.15) is 0 Å². The Balaban J connectivity index is 0.870. The molecule has 12 aromatic carbocycles. The molecule has 0 radical (unpaired) electrons. The lowest BCUT2D eigenvalue weighted by atomic mass is 9.95. The van der Waals surface area contributed by atoms with Crippen LogP contribution in [0.2, 0.25) is 0 Å². The predicted octanol–water partition coefficient (Wildman–Crippen LogP) is 20.5. The van der Waals surface area contributed by atoms with Crippen LogP contribution in [0.4, 0.5) is 68.2 Å². The molecule has 76 heavy (non-hydrogen) atoms. The molecule has 3 aliphatic rings. The number of rotatable bonds is 6. The highest BCUT2D eigenvalue weighted by atomic mass is 15.2. The van der Waals surface area contributed by atoms with Crippen LogP contribution in [0.5, 0.6) is 0 Å². The summed E-state index contributed by atoms with van der Waals surface area (Å²) in [5, 5.41) is 0. The first-order valence-electron chi connectivity index (χ1n) is 26.1. The molecule has 0 unspecified atom stereocenters. The van der Waals surface area contributed by atoms with Gasteiger partial charge in [-0.3, -0.25) is 0 Å². The first-order valence-corrected chi connectivity index (χ1v) is 26.1. The summed E-state index contributed by atoms with van der Waals surface area (Å²) in [6.45, 7) is 0. The third-order valence-corrected chi connectivity index (χ3v) is 15.5. The lowest BCUT2D eigenvalue weighted by molar-refractivity contribution is 1.24. The number of nitrogens with zero attached hydrogens (tertiary/aromatic N) is 4. The highest BCUT2D eigenvalue weighted by Gasteiger charge is 2.30. The molecule has 0 fully saturated rings. The van der Waals surface area contributed by atoms with Gasteiger partial charge in [0.15, 0.2) is 0 Å². The predicted molar refractivity (Wildman–Crippen MR) is 318 cm³/mol. The Kier molecular flexibility index (Phi) is 10.2. The first kappa shape index (κ1) is 43.4. The van der Waals surface area contributed by atoms with Crippen LogP contribution in [0.3, 0.4) is 0 Å². The molecule has 3 heterocycles. The van der Waals surface area contributed by atoms with E-state index in [0.29, 0.717) is 0 Å². The second-order valence-corrected chi connectivity index (χ2v) is 19.6. The van der Waals surface area contributed by atoms with Crippen molar-refractivity contribution < 1.29 is 0 Å². The second kappa shape index (κ2) is 17.8. The molecule has 3 aliphatic heterocycles. The zero-order chi connectivity index (χ0) is 50.1. The van der Waals surface area contributed by atoms with Gasteiger partial charge in [-0.05, 0) is 143 Å². The molecule has 0 aliphatic carbocycles. The van der Waals surface area contributed by atoms with Crippen molar-refractivity contribution in [1.29, 1.82) is 0 Å². The summed E-state index contributed by atoms with van der Waals surface area (Å²) in [4.78, 5) is 9.66. The van der Waals surface area contributed by atoms with Crippen molar-refractivity contribution in [2.75, 3.05) is 19.6 Å². The quantitative estimate of drug-likeness (QED) is 0.165. The van der Waals surface area contributed by atoms with E-state index in [-0.39, 0.29) is 0 Å². The Hall–Kier alpha value is -10.2. The summed E-state index contributed by atoms with van der Waals surface area (Å²) >= 11 is 0. The van der Waals surface area contributed by atoms with Crippen molar-refractivity contribution in [1.82, 2.24) is 0 Å². The van der Waals surface area contributed by atoms with Gasteiger partial charge < -0.3 is 19.6 Å². The molecule has 0 spiro atoms. The van der Waals surface area contributed by atoms with Crippen molar-refractivity contribution in [2.45, 2.75) is 0 Å². The van der Waals surface area contributed by atoms with Gasteiger partial charge in [-0.2, -0.15) is 0 Å². The van der Waals surface area contributed by atoms with E-state index in [2.05, 4.69) is 311 Å². The van der Waals surface area contributed by atoms with Crippen molar-refractivity contribution in [3.8, 4) is 66.8 Å². The van der Waals surface area contributed by atoms with Gasteiger partial charge >= 0.3 is 0 Å². The zero-order valence-electron chi connectivity index (χ0n) is 41.5. The first-order chi connectivity index (χ1) is 37.7. The molecular weight excluding hydrogens is 921 g/mol.